The zero-order valence-electron chi connectivity index (χ0n) is 15.5. The molecule has 0 saturated heterocycles. The number of aryl methyl sites for hydroxylation is 1. The van der Waals surface area contributed by atoms with Gasteiger partial charge in [0, 0.05) is 31.7 Å². The average molecular weight is 380 g/mol. The van der Waals surface area contributed by atoms with E-state index in [9.17, 15) is 4.79 Å². The Balaban J connectivity index is 1.13. The lowest BCUT2D eigenvalue weighted by molar-refractivity contribution is -0.121. The maximum absolute atomic E-state index is 12.1. The van der Waals surface area contributed by atoms with Crippen LogP contribution < -0.4 is 10.2 Å². The lowest BCUT2D eigenvalue weighted by Gasteiger charge is -2.19. The third-order valence-electron chi connectivity index (χ3n) is 5.04. The Bertz CT molecular complexity index is 888. The highest BCUT2D eigenvalue weighted by Crippen LogP contribution is 2.27. The summed E-state index contributed by atoms with van der Waals surface area (Å²) < 4.78 is 1.22. The fourth-order valence-corrected chi connectivity index (χ4v) is 4.66. The van der Waals surface area contributed by atoms with Gasteiger partial charge in [0.25, 0.3) is 0 Å². The van der Waals surface area contributed by atoms with E-state index in [2.05, 4.69) is 45.5 Å². The van der Waals surface area contributed by atoms with Gasteiger partial charge in [-0.3, -0.25) is 4.79 Å². The number of hydrogen-bond donors (Lipinski definition) is 1. The van der Waals surface area contributed by atoms with Crippen molar-refractivity contribution in [3.8, 4) is 0 Å². The van der Waals surface area contributed by atoms with Crippen molar-refractivity contribution in [1.29, 1.82) is 0 Å². The van der Waals surface area contributed by atoms with E-state index >= 15 is 0 Å². The fourth-order valence-electron chi connectivity index (χ4n) is 3.65. The molecule has 0 aliphatic carbocycles. The number of nitrogens with one attached hydrogen (secondary N) is 1. The van der Waals surface area contributed by atoms with E-state index in [1.165, 1.54) is 16.0 Å². The van der Waals surface area contributed by atoms with Crippen molar-refractivity contribution in [2.75, 3.05) is 24.5 Å². The van der Waals surface area contributed by atoms with Crippen LogP contribution in [0.1, 0.15) is 29.8 Å². The molecule has 0 fully saturated rings. The minimum atomic E-state index is 0.151. The lowest BCUT2D eigenvalue weighted by Crippen LogP contribution is -2.29. The first-order chi connectivity index (χ1) is 13.3. The van der Waals surface area contributed by atoms with E-state index in [4.69, 9.17) is 0 Å². The minimum absolute atomic E-state index is 0.151. The summed E-state index contributed by atoms with van der Waals surface area (Å²) in [6.45, 7) is 2.84. The summed E-state index contributed by atoms with van der Waals surface area (Å²) in [6, 6.07) is 16.8. The smallest absolute Gasteiger partial charge is 0.220 e. The molecule has 2 aromatic carbocycles. The number of aromatic nitrogens is 1. The van der Waals surface area contributed by atoms with Crippen LogP contribution in [-0.4, -0.2) is 30.5 Å². The number of fused-ring (bicyclic) bond motifs is 2. The van der Waals surface area contributed by atoms with Gasteiger partial charge in [-0.2, -0.15) is 0 Å². The van der Waals surface area contributed by atoms with Gasteiger partial charge < -0.3 is 10.2 Å². The topological polar surface area (TPSA) is 45.2 Å². The normalized spacial score (nSPS) is 13.1. The number of amides is 1. The van der Waals surface area contributed by atoms with Crippen LogP contribution in [0.5, 0.6) is 0 Å². The Kier molecular flexibility index (Phi) is 5.68. The summed E-state index contributed by atoms with van der Waals surface area (Å²) >= 11 is 1.73. The summed E-state index contributed by atoms with van der Waals surface area (Å²) in [4.78, 5) is 19.1. The van der Waals surface area contributed by atoms with E-state index in [0.717, 1.165) is 55.8 Å². The molecule has 0 saturated carbocycles. The number of anilines is 1. The zero-order valence-corrected chi connectivity index (χ0v) is 16.3. The van der Waals surface area contributed by atoms with Crippen LogP contribution in [0, 0.1) is 0 Å². The second kappa shape index (κ2) is 8.53. The predicted molar refractivity (Wildman–Crippen MR) is 113 cm³/mol. The van der Waals surface area contributed by atoms with E-state index in [0.29, 0.717) is 6.42 Å². The van der Waals surface area contributed by atoms with E-state index in [1.807, 2.05) is 18.2 Å². The van der Waals surface area contributed by atoms with Crippen LogP contribution in [0.25, 0.3) is 10.2 Å². The summed E-state index contributed by atoms with van der Waals surface area (Å²) in [5, 5.41) is 4.18. The number of para-hydroxylation sites is 2. The molecule has 5 heteroatoms. The van der Waals surface area contributed by atoms with Crippen molar-refractivity contribution in [3.63, 3.8) is 0 Å². The van der Waals surface area contributed by atoms with Gasteiger partial charge in [0.05, 0.1) is 15.2 Å². The van der Waals surface area contributed by atoms with Crippen molar-refractivity contribution >= 4 is 33.1 Å². The third kappa shape index (κ3) is 4.48. The average Bonchev–Trinajstić information content (AvgIpc) is 3.29. The molecular formula is C22H25N3OS. The van der Waals surface area contributed by atoms with Gasteiger partial charge in [-0.1, -0.05) is 30.3 Å². The van der Waals surface area contributed by atoms with Crippen LogP contribution in [-0.2, 0) is 17.6 Å². The van der Waals surface area contributed by atoms with Crippen molar-refractivity contribution < 1.29 is 4.79 Å². The van der Waals surface area contributed by atoms with Gasteiger partial charge in [-0.15, -0.1) is 11.3 Å². The first-order valence-corrected chi connectivity index (χ1v) is 10.6. The molecule has 3 aromatic rings. The van der Waals surface area contributed by atoms with Gasteiger partial charge in [0.15, 0.2) is 0 Å². The standard InChI is InChI=1S/C22H25N3OS/c26-21(11-5-12-22-24-18-8-2-4-10-20(18)27-22)23-14-6-15-25-16-13-17-7-1-3-9-19(17)25/h1-4,7-10H,5-6,11-16H2,(H,23,26). The van der Waals surface area contributed by atoms with Crippen LogP contribution >= 0.6 is 11.3 Å². The van der Waals surface area contributed by atoms with E-state index in [-0.39, 0.29) is 5.91 Å². The maximum Gasteiger partial charge on any atom is 0.220 e. The van der Waals surface area contributed by atoms with Crippen molar-refractivity contribution in [2.45, 2.75) is 32.1 Å². The van der Waals surface area contributed by atoms with Crippen LogP contribution in [0.4, 0.5) is 5.69 Å². The molecule has 4 rings (SSSR count). The predicted octanol–water partition coefficient (Wildman–Crippen LogP) is 4.19. The molecule has 0 bridgehead atoms. The zero-order chi connectivity index (χ0) is 18.5. The Morgan fingerprint density at radius 3 is 2.89 bits per heavy atom. The lowest BCUT2D eigenvalue weighted by atomic mass is 10.2. The fraction of sp³-hybridized carbons (Fsp3) is 0.364. The molecule has 4 nitrogen and oxygen atoms in total. The summed E-state index contributed by atoms with van der Waals surface area (Å²) in [6.07, 6.45) is 4.41. The molecule has 1 aliphatic rings. The number of benzene rings is 2. The van der Waals surface area contributed by atoms with Gasteiger partial charge >= 0.3 is 0 Å². The van der Waals surface area contributed by atoms with Crippen LogP contribution in [0.3, 0.4) is 0 Å². The molecule has 2 heterocycles. The summed E-state index contributed by atoms with van der Waals surface area (Å²) in [5.74, 6) is 0.151. The number of carbonyl (C=O) groups excluding carboxylic acids is 1. The molecule has 0 atom stereocenters. The molecule has 1 amide bonds. The minimum Gasteiger partial charge on any atom is -0.371 e. The van der Waals surface area contributed by atoms with Crippen LogP contribution in [0.2, 0.25) is 0 Å². The molecular weight excluding hydrogens is 354 g/mol. The maximum atomic E-state index is 12.1. The van der Waals surface area contributed by atoms with Crippen LogP contribution in [0.15, 0.2) is 48.5 Å². The number of rotatable bonds is 8. The first kappa shape index (κ1) is 18.0. The molecule has 1 aliphatic heterocycles. The second-order valence-electron chi connectivity index (χ2n) is 7.00. The second-order valence-corrected chi connectivity index (χ2v) is 8.11. The van der Waals surface area contributed by atoms with E-state index < -0.39 is 0 Å². The van der Waals surface area contributed by atoms with Gasteiger partial charge in [-0.05, 0) is 49.4 Å². The van der Waals surface area contributed by atoms with Gasteiger partial charge in [0.2, 0.25) is 5.91 Å². The van der Waals surface area contributed by atoms with Gasteiger partial charge in [-0.25, -0.2) is 4.98 Å². The molecule has 1 N–H and O–H groups in total. The SMILES string of the molecule is O=C(CCCc1nc2ccccc2s1)NCCCN1CCc2ccccc21. The number of nitrogens with zero attached hydrogens (tertiary/aromatic N) is 2. The summed E-state index contributed by atoms with van der Waals surface area (Å²) in [5.41, 5.74) is 3.86. The highest BCUT2D eigenvalue weighted by Gasteiger charge is 2.17. The Hall–Kier alpha value is -2.40. The van der Waals surface area contributed by atoms with Crippen molar-refractivity contribution in [3.05, 3.63) is 59.1 Å². The number of hydrogen-bond acceptors (Lipinski definition) is 4. The highest BCUT2D eigenvalue weighted by atomic mass is 32.1. The quantitative estimate of drug-likeness (QED) is 0.597. The summed E-state index contributed by atoms with van der Waals surface area (Å²) in [7, 11) is 0. The number of carbonyl (C=O) groups is 1. The highest BCUT2D eigenvalue weighted by molar-refractivity contribution is 7.18. The first-order valence-electron chi connectivity index (χ1n) is 9.73. The third-order valence-corrected chi connectivity index (χ3v) is 6.14. The Labute approximate surface area is 164 Å². The molecule has 0 radical (unpaired) electrons. The Morgan fingerprint density at radius 2 is 1.96 bits per heavy atom. The van der Waals surface area contributed by atoms with Crippen molar-refractivity contribution in [1.82, 2.24) is 10.3 Å². The monoisotopic (exact) mass is 379 g/mol. The molecule has 0 spiro atoms. The molecule has 140 valence electrons. The Morgan fingerprint density at radius 1 is 1.11 bits per heavy atom. The largest absolute Gasteiger partial charge is 0.371 e. The molecule has 0 unspecified atom stereocenters. The van der Waals surface area contributed by atoms with E-state index in [1.54, 1.807) is 11.3 Å². The number of thiazole rings is 1. The molecule has 1 aromatic heterocycles. The van der Waals surface area contributed by atoms with Gasteiger partial charge in [0.1, 0.15) is 0 Å². The van der Waals surface area contributed by atoms with Crippen molar-refractivity contribution in [2.24, 2.45) is 0 Å². The molecule has 27 heavy (non-hydrogen) atoms.